The van der Waals surface area contributed by atoms with Crippen molar-refractivity contribution in [3.8, 4) is 0 Å². The molecule has 0 amide bonds. The molecular weight excluding hydrogens is 694 g/mol. The van der Waals surface area contributed by atoms with Gasteiger partial charge in [-0.2, -0.15) is 16.8 Å². The molecular formula is C39H41N3NaO6S2. The normalized spacial score (nSPS) is 12.7. The Morgan fingerprint density at radius 2 is 1.02 bits per heavy atom. The molecule has 4 aromatic rings. The first-order valence-electron chi connectivity index (χ1n) is 16.4. The third-order valence-electron chi connectivity index (χ3n) is 8.44. The van der Waals surface area contributed by atoms with Crippen LogP contribution in [0.3, 0.4) is 0 Å². The molecule has 1 radical (unpaired) electrons. The molecule has 0 saturated carbocycles. The summed E-state index contributed by atoms with van der Waals surface area (Å²) in [5.41, 5.74) is 8.49. The van der Waals surface area contributed by atoms with E-state index in [0.717, 1.165) is 50.5 Å². The number of rotatable bonds is 13. The van der Waals surface area contributed by atoms with Gasteiger partial charge in [-0.05, 0) is 115 Å². The van der Waals surface area contributed by atoms with Gasteiger partial charge in [-0.25, -0.2) is 0 Å². The summed E-state index contributed by atoms with van der Waals surface area (Å²) < 4.78 is 65.8. The molecule has 0 saturated heterocycles. The third kappa shape index (κ3) is 10.4. The van der Waals surface area contributed by atoms with E-state index in [2.05, 4.69) is 75.5 Å². The number of hydrogen-bond acceptors (Lipinski definition) is 7. The largest absolute Gasteiger partial charge is 0.367 e. The Morgan fingerprint density at radius 3 is 1.37 bits per heavy atom. The number of aliphatic imine (C=N–C) groups is 1. The van der Waals surface area contributed by atoms with Gasteiger partial charge in [0.05, 0.1) is 15.5 Å². The zero-order valence-electron chi connectivity index (χ0n) is 29.3. The smallest absolute Gasteiger partial charge is 0.294 e. The van der Waals surface area contributed by atoms with Crippen LogP contribution in [0.5, 0.6) is 0 Å². The second-order valence-electron chi connectivity index (χ2n) is 11.8. The fourth-order valence-corrected chi connectivity index (χ4v) is 7.02. The van der Waals surface area contributed by atoms with Crippen LogP contribution in [0.25, 0.3) is 5.57 Å². The van der Waals surface area contributed by atoms with Crippen molar-refractivity contribution in [1.82, 2.24) is 0 Å². The molecule has 1 aliphatic carbocycles. The van der Waals surface area contributed by atoms with Crippen molar-refractivity contribution in [1.29, 1.82) is 0 Å². The van der Waals surface area contributed by atoms with Crippen LogP contribution in [0.15, 0.2) is 142 Å². The average molecular weight is 735 g/mol. The first-order valence-corrected chi connectivity index (χ1v) is 19.3. The van der Waals surface area contributed by atoms with Crippen molar-refractivity contribution in [2.45, 2.75) is 43.7 Å². The molecule has 12 heteroatoms. The fraction of sp³-hybridized carbons (Fsp3) is 0.205. The Kier molecular flexibility index (Phi) is 13.8. The summed E-state index contributed by atoms with van der Waals surface area (Å²) in [6, 6.07) is 29.2. The van der Waals surface area contributed by atoms with Crippen LogP contribution in [-0.2, 0) is 33.3 Å². The third-order valence-corrected chi connectivity index (χ3v) is 10.1. The van der Waals surface area contributed by atoms with E-state index in [0.29, 0.717) is 32.7 Å². The van der Waals surface area contributed by atoms with Gasteiger partial charge >= 0.3 is 0 Å². The predicted octanol–water partition coefficient (Wildman–Crippen LogP) is 7.24. The van der Waals surface area contributed by atoms with Gasteiger partial charge in [0.1, 0.15) is 0 Å². The standard InChI is InChI=1S/C39H41N3O6S2.Na/c1-4-40-34-19-13-31(14-20-34)39(32-15-21-35(22-16-32)41(5-2)27-29-9-7-11-37(25-29)49(43,44)45)33-17-23-36(24-18-33)42(6-3)28-30-10-8-12-38(26-30)50(46,47)48;/h7-26H,4-6,27-28H2,1-3H3,(H,43,44,45)(H,46,47,48);. The SMILES string of the molecule is CCN=C1C=CC(=C(c2ccc(N(CC)Cc3cccc(S(=O)(=O)O)c3)cc2)c2ccc(N(CC)Cc3cccc(S(=O)(=O)O)c3)cc2)C=C1.[Na]. The number of benzene rings is 4. The summed E-state index contributed by atoms with van der Waals surface area (Å²) in [5, 5.41) is 0. The maximum absolute atomic E-state index is 11.7. The molecule has 0 bridgehead atoms. The van der Waals surface area contributed by atoms with Crippen molar-refractivity contribution in [3.63, 3.8) is 0 Å². The Morgan fingerprint density at radius 1 is 0.608 bits per heavy atom. The second-order valence-corrected chi connectivity index (χ2v) is 14.6. The summed E-state index contributed by atoms with van der Waals surface area (Å²) in [5.74, 6) is 0. The van der Waals surface area contributed by atoms with E-state index >= 15 is 0 Å². The molecule has 0 atom stereocenters. The zero-order valence-corrected chi connectivity index (χ0v) is 32.9. The molecule has 4 aromatic carbocycles. The molecule has 261 valence electrons. The molecule has 0 unspecified atom stereocenters. The second kappa shape index (κ2) is 17.6. The van der Waals surface area contributed by atoms with E-state index in [1.54, 1.807) is 12.1 Å². The maximum Gasteiger partial charge on any atom is 0.294 e. The molecule has 9 nitrogen and oxygen atoms in total. The molecule has 0 spiro atoms. The quantitative estimate of drug-likeness (QED) is 0.109. The Bertz CT molecular complexity index is 2030. The minimum absolute atomic E-state index is 0. The maximum atomic E-state index is 11.7. The minimum atomic E-state index is -4.29. The van der Waals surface area contributed by atoms with Crippen LogP contribution in [0.4, 0.5) is 11.4 Å². The number of anilines is 2. The zero-order chi connectivity index (χ0) is 35.9. The fourth-order valence-electron chi connectivity index (χ4n) is 5.91. The molecule has 0 aromatic heterocycles. The predicted molar refractivity (Wildman–Crippen MR) is 207 cm³/mol. The molecule has 0 heterocycles. The van der Waals surface area contributed by atoms with Crippen LogP contribution in [-0.4, -0.2) is 80.8 Å². The number of nitrogens with zero attached hydrogens (tertiary/aromatic N) is 3. The van der Waals surface area contributed by atoms with E-state index in [1.165, 1.54) is 24.3 Å². The Balaban J connectivity index is 0.00000583. The van der Waals surface area contributed by atoms with E-state index in [-0.39, 0.29) is 39.3 Å². The van der Waals surface area contributed by atoms with Crippen LogP contribution >= 0.6 is 0 Å². The topological polar surface area (TPSA) is 128 Å². The van der Waals surface area contributed by atoms with Gasteiger partial charge in [-0.1, -0.05) is 60.7 Å². The summed E-state index contributed by atoms with van der Waals surface area (Å²) in [4.78, 5) is 8.54. The molecule has 51 heavy (non-hydrogen) atoms. The molecule has 0 fully saturated rings. The van der Waals surface area contributed by atoms with Crippen molar-refractivity contribution in [3.05, 3.63) is 149 Å². The van der Waals surface area contributed by atoms with Gasteiger partial charge in [-0.15, -0.1) is 0 Å². The minimum Gasteiger partial charge on any atom is -0.367 e. The van der Waals surface area contributed by atoms with Crippen LogP contribution in [0.1, 0.15) is 43.0 Å². The van der Waals surface area contributed by atoms with Crippen LogP contribution < -0.4 is 9.80 Å². The van der Waals surface area contributed by atoms with Crippen LogP contribution in [0, 0.1) is 0 Å². The van der Waals surface area contributed by atoms with Gasteiger partial charge in [0.25, 0.3) is 20.2 Å². The first kappa shape index (κ1) is 40.0. The van der Waals surface area contributed by atoms with Crippen molar-refractivity contribution in [2.24, 2.45) is 4.99 Å². The summed E-state index contributed by atoms with van der Waals surface area (Å²) in [7, 11) is -8.59. The van der Waals surface area contributed by atoms with Crippen molar-refractivity contribution < 1.29 is 25.9 Å². The molecule has 5 rings (SSSR count). The molecule has 0 aliphatic heterocycles. The first-order chi connectivity index (χ1) is 23.9. The van der Waals surface area contributed by atoms with E-state index in [9.17, 15) is 25.9 Å². The number of hydrogen-bond donors (Lipinski definition) is 2. The van der Waals surface area contributed by atoms with E-state index < -0.39 is 20.2 Å². The van der Waals surface area contributed by atoms with E-state index in [1.807, 2.05) is 45.1 Å². The van der Waals surface area contributed by atoms with Gasteiger partial charge in [0.2, 0.25) is 0 Å². The monoisotopic (exact) mass is 734 g/mol. The van der Waals surface area contributed by atoms with Gasteiger partial charge in [0, 0.05) is 73.7 Å². The van der Waals surface area contributed by atoms with Gasteiger partial charge in [0.15, 0.2) is 0 Å². The summed E-state index contributed by atoms with van der Waals surface area (Å²) >= 11 is 0. The van der Waals surface area contributed by atoms with Gasteiger partial charge < -0.3 is 9.80 Å². The van der Waals surface area contributed by atoms with Crippen molar-refractivity contribution in [2.75, 3.05) is 29.4 Å². The molecule has 1 aliphatic rings. The molecule has 2 N–H and O–H groups in total. The van der Waals surface area contributed by atoms with Gasteiger partial charge in [-0.3, -0.25) is 14.1 Å². The van der Waals surface area contributed by atoms with E-state index in [4.69, 9.17) is 0 Å². The summed E-state index contributed by atoms with van der Waals surface area (Å²) in [6.45, 7) is 9.07. The average Bonchev–Trinajstić information content (AvgIpc) is 3.11. The van der Waals surface area contributed by atoms with Crippen LogP contribution in [0.2, 0.25) is 0 Å². The Hall–Kier alpha value is -3.81. The summed E-state index contributed by atoms with van der Waals surface area (Å²) in [6.07, 6.45) is 8.18. The Labute approximate surface area is 323 Å². The number of allylic oxidation sites excluding steroid dienone is 5. The van der Waals surface area contributed by atoms with Crippen molar-refractivity contribution >= 4 is 72.5 Å².